The van der Waals surface area contributed by atoms with Gasteiger partial charge in [-0.1, -0.05) is 11.6 Å². The van der Waals surface area contributed by atoms with Crippen LogP contribution in [0.2, 0.25) is 5.02 Å². The van der Waals surface area contributed by atoms with Crippen LogP contribution in [0.15, 0.2) is 24.3 Å². The van der Waals surface area contributed by atoms with E-state index in [0.717, 1.165) is 62.9 Å². The van der Waals surface area contributed by atoms with Crippen LogP contribution in [0.3, 0.4) is 0 Å². The van der Waals surface area contributed by atoms with E-state index in [1.807, 2.05) is 24.3 Å². The van der Waals surface area contributed by atoms with Crippen molar-refractivity contribution in [3.8, 4) is 5.75 Å². The SMILES string of the molecule is C[C@H]1C[C@@H](C(=O)N2CCN(CCOc3ccc(Cl)cc3)CC2)CCN1.Cl. The smallest absolute Gasteiger partial charge is 0.225 e. The average Bonchev–Trinajstić information content (AvgIpc) is 2.63. The summed E-state index contributed by atoms with van der Waals surface area (Å²) < 4.78 is 5.76. The van der Waals surface area contributed by atoms with Crippen molar-refractivity contribution in [2.75, 3.05) is 45.9 Å². The Morgan fingerprint density at radius 3 is 2.58 bits per heavy atom. The molecule has 2 saturated heterocycles. The van der Waals surface area contributed by atoms with Gasteiger partial charge < -0.3 is 15.0 Å². The van der Waals surface area contributed by atoms with E-state index < -0.39 is 0 Å². The number of nitrogens with one attached hydrogen (secondary N) is 1. The van der Waals surface area contributed by atoms with Crippen molar-refractivity contribution in [1.29, 1.82) is 0 Å². The molecular formula is C19H29Cl2N3O2. The van der Waals surface area contributed by atoms with Crippen LogP contribution >= 0.6 is 24.0 Å². The van der Waals surface area contributed by atoms with Crippen LogP contribution in [0.25, 0.3) is 0 Å². The number of ether oxygens (including phenoxy) is 1. The number of halogens is 2. The van der Waals surface area contributed by atoms with Gasteiger partial charge in [0, 0.05) is 49.7 Å². The lowest BCUT2D eigenvalue weighted by Crippen LogP contribution is -2.52. The number of hydrogen-bond acceptors (Lipinski definition) is 4. The first-order valence-electron chi connectivity index (χ1n) is 9.25. The molecule has 1 N–H and O–H groups in total. The molecule has 0 saturated carbocycles. The Balaban J connectivity index is 0.00000243. The molecule has 2 fully saturated rings. The van der Waals surface area contributed by atoms with Crippen molar-refractivity contribution in [1.82, 2.24) is 15.1 Å². The summed E-state index contributed by atoms with van der Waals surface area (Å²) in [5, 5.41) is 4.14. The molecule has 0 aromatic heterocycles. The van der Waals surface area contributed by atoms with Gasteiger partial charge in [-0.25, -0.2) is 0 Å². The summed E-state index contributed by atoms with van der Waals surface area (Å²) in [6.45, 7) is 8.18. The lowest BCUT2D eigenvalue weighted by Gasteiger charge is -2.38. The first kappa shape index (κ1) is 21.3. The summed E-state index contributed by atoms with van der Waals surface area (Å²) in [7, 11) is 0. The highest BCUT2D eigenvalue weighted by atomic mass is 35.5. The van der Waals surface area contributed by atoms with Crippen LogP contribution in [-0.2, 0) is 4.79 Å². The van der Waals surface area contributed by atoms with Crippen LogP contribution < -0.4 is 10.1 Å². The third-order valence-electron chi connectivity index (χ3n) is 5.15. The van der Waals surface area contributed by atoms with E-state index in [1.165, 1.54) is 0 Å². The third-order valence-corrected chi connectivity index (χ3v) is 5.40. The van der Waals surface area contributed by atoms with Gasteiger partial charge in [0.15, 0.2) is 0 Å². The van der Waals surface area contributed by atoms with Crippen molar-refractivity contribution in [3.63, 3.8) is 0 Å². The van der Waals surface area contributed by atoms with E-state index in [0.29, 0.717) is 18.6 Å². The highest BCUT2D eigenvalue weighted by Crippen LogP contribution is 2.20. The monoisotopic (exact) mass is 401 g/mol. The first-order valence-corrected chi connectivity index (χ1v) is 9.62. The zero-order valence-electron chi connectivity index (χ0n) is 15.3. The van der Waals surface area contributed by atoms with E-state index in [-0.39, 0.29) is 18.3 Å². The highest BCUT2D eigenvalue weighted by Gasteiger charge is 2.30. The predicted octanol–water partition coefficient (Wildman–Crippen LogP) is 2.67. The second-order valence-electron chi connectivity index (χ2n) is 7.05. The molecule has 2 heterocycles. The standard InChI is InChI=1S/C19H28ClN3O2.ClH/c1-15-14-16(6-7-21-15)19(24)23-10-8-22(9-11-23)12-13-25-18-4-2-17(20)3-5-18;/h2-5,15-16,21H,6-14H2,1H3;1H/t15-,16-;/m0./s1. The quantitative estimate of drug-likeness (QED) is 0.823. The Morgan fingerprint density at radius 2 is 1.92 bits per heavy atom. The number of rotatable bonds is 5. The molecule has 0 aliphatic carbocycles. The molecule has 146 valence electrons. The molecule has 0 radical (unpaired) electrons. The average molecular weight is 402 g/mol. The number of piperidine rings is 1. The van der Waals surface area contributed by atoms with E-state index in [4.69, 9.17) is 16.3 Å². The maximum Gasteiger partial charge on any atom is 0.225 e. The normalized spacial score (nSPS) is 24.0. The number of carbonyl (C=O) groups is 1. The van der Waals surface area contributed by atoms with Gasteiger partial charge in [-0.05, 0) is 50.6 Å². The van der Waals surface area contributed by atoms with Gasteiger partial charge in [0.05, 0.1) is 0 Å². The molecular weight excluding hydrogens is 373 g/mol. The van der Waals surface area contributed by atoms with Crippen LogP contribution in [0.5, 0.6) is 5.75 Å². The first-order chi connectivity index (χ1) is 12.1. The van der Waals surface area contributed by atoms with E-state index in [1.54, 1.807) is 0 Å². The Morgan fingerprint density at radius 1 is 1.23 bits per heavy atom. The molecule has 2 aliphatic heterocycles. The molecule has 2 aliphatic rings. The van der Waals surface area contributed by atoms with Crippen LogP contribution in [0.4, 0.5) is 0 Å². The molecule has 26 heavy (non-hydrogen) atoms. The minimum absolute atomic E-state index is 0. The Labute approximate surface area is 167 Å². The van der Waals surface area contributed by atoms with Gasteiger partial charge >= 0.3 is 0 Å². The largest absolute Gasteiger partial charge is 0.492 e. The molecule has 7 heteroatoms. The van der Waals surface area contributed by atoms with Gasteiger partial charge in [-0.3, -0.25) is 9.69 Å². The summed E-state index contributed by atoms with van der Waals surface area (Å²) in [5.74, 6) is 1.40. The third kappa shape index (κ3) is 6.02. The topological polar surface area (TPSA) is 44.8 Å². The van der Waals surface area contributed by atoms with Crippen LogP contribution in [-0.4, -0.2) is 67.6 Å². The summed E-state index contributed by atoms with van der Waals surface area (Å²) in [6, 6.07) is 7.90. The predicted molar refractivity (Wildman–Crippen MR) is 107 cm³/mol. The van der Waals surface area contributed by atoms with E-state index in [9.17, 15) is 4.79 Å². The van der Waals surface area contributed by atoms with Crippen LogP contribution in [0, 0.1) is 5.92 Å². The fourth-order valence-corrected chi connectivity index (χ4v) is 3.76. The van der Waals surface area contributed by atoms with Crippen molar-refractivity contribution >= 4 is 29.9 Å². The highest BCUT2D eigenvalue weighted by molar-refractivity contribution is 6.30. The number of nitrogens with zero attached hydrogens (tertiary/aromatic N) is 2. The lowest BCUT2D eigenvalue weighted by atomic mass is 9.92. The molecule has 0 unspecified atom stereocenters. The summed E-state index contributed by atoms with van der Waals surface area (Å²) in [4.78, 5) is 17.1. The maximum absolute atomic E-state index is 12.7. The minimum atomic E-state index is 0. The summed E-state index contributed by atoms with van der Waals surface area (Å²) in [5.41, 5.74) is 0. The maximum atomic E-state index is 12.7. The number of benzene rings is 1. The molecule has 3 rings (SSSR count). The van der Waals surface area contributed by atoms with Crippen LogP contribution in [0.1, 0.15) is 19.8 Å². The molecule has 1 aromatic carbocycles. The zero-order chi connectivity index (χ0) is 17.6. The molecule has 1 amide bonds. The fourth-order valence-electron chi connectivity index (χ4n) is 3.63. The second kappa shape index (κ2) is 10.4. The van der Waals surface area contributed by atoms with Gasteiger partial charge in [0.1, 0.15) is 12.4 Å². The van der Waals surface area contributed by atoms with Gasteiger partial charge in [0.25, 0.3) is 0 Å². The van der Waals surface area contributed by atoms with E-state index >= 15 is 0 Å². The number of carbonyl (C=O) groups excluding carboxylic acids is 1. The molecule has 0 bridgehead atoms. The Bertz CT molecular complexity index is 562. The zero-order valence-corrected chi connectivity index (χ0v) is 16.9. The minimum Gasteiger partial charge on any atom is -0.492 e. The van der Waals surface area contributed by atoms with Gasteiger partial charge in [-0.2, -0.15) is 0 Å². The lowest BCUT2D eigenvalue weighted by molar-refractivity contribution is -0.138. The fraction of sp³-hybridized carbons (Fsp3) is 0.632. The second-order valence-corrected chi connectivity index (χ2v) is 7.48. The molecule has 2 atom stereocenters. The van der Waals surface area contributed by atoms with E-state index in [2.05, 4.69) is 22.0 Å². The number of hydrogen-bond donors (Lipinski definition) is 1. The van der Waals surface area contributed by atoms with Crippen molar-refractivity contribution in [2.45, 2.75) is 25.8 Å². The van der Waals surface area contributed by atoms with Crippen molar-refractivity contribution < 1.29 is 9.53 Å². The number of amides is 1. The van der Waals surface area contributed by atoms with Crippen molar-refractivity contribution in [3.05, 3.63) is 29.3 Å². The number of piperazine rings is 1. The van der Waals surface area contributed by atoms with Crippen molar-refractivity contribution in [2.24, 2.45) is 5.92 Å². The Hall–Kier alpha value is -1.01. The molecule has 5 nitrogen and oxygen atoms in total. The Kier molecular flexibility index (Phi) is 8.48. The summed E-state index contributed by atoms with van der Waals surface area (Å²) in [6.07, 6.45) is 1.94. The summed E-state index contributed by atoms with van der Waals surface area (Å²) >= 11 is 5.87. The van der Waals surface area contributed by atoms with Gasteiger partial charge in [0.2, 0.25) is 5.91 Å². The van der Waals surface area contributed by atoms with Gasteiger partial charge in [-0.15, -0.1) is 12.4 Å². The molecule has 0 spiro atoms. The molecule has 1 aromatic rings.